The first-order valence-electron chi connectivity index (χ1n) is 7.27. The van der Waals surface area contributed by atoms with Gasteiger partial charge in [-0.2, -0.15) is 0 Å². The van der Waals surface area contributed by atoms with Crippen LogP contribution >= 0.6 is 0 Å². The molecule has 5 nitrogen and oxygen atoms in total. The standard InChI is InChI=1S/C15H23N3O2/c1-4-6-15(14(19)20)7-5-8-18(10-15)13-9-11(2)16-12(3)17-13/h9H,4-8,10H2,1-3H3,(H,19,20). The Kier molecular flexibility index (Phi) is 4.26. The first-order valence-corrected chi connectivity index (χ1v) is 7.27. The van der Waals surface area contributed by atoms with E-state index in [4.69, 9.17) is 0 Å². The molecule has 0 radical (unpaired) electrons. The van der Waals surface area contributed by atoms with E-state index in [1.807, 2.05) is 26.8 Å². The first kappa shape index (κ1) is 14.8. The number of carbonyl (C=O) groups is 1. The van der Waals surface area contributed by atoms with Crippen molar-refractivity contribution >= 4 is 11.8 Å². The summed E-state index contributed by atoms with van der Waals surface area (Å²) >= 11 is 0. The molecule has 1 N–H and O–H groups in total. The van der Waals surface area contributed by atoms with Gasteiger partial charge >= 0.3 is 5.97 Å². The van der Waals surface area contributed by atoms with E-state index in [9.17, 15) is 9.90 Å². The molecular weight excluding hydrogens is 254 g/mol. The Morgan fingerprint density at radius 2 is 2.20 bits per heavy atom. The van der Waals surface area contributed by atoms with Crippen LogP contribution in [0.4, 0.5) is 5.82 Å². The quantitative estimate of drug-likeness (QED) is 0.916. The van der Waals surface area contributed by atoms with Crippen molar-refractivity contribution in [3.63, 3.8) is 0 Å². The van der Waals surface area contributed by atoms with Crippen LogP contribution in [0.5, 0.6) is 0 Å². The second-order valence-corrected chi connectivity index (χ2v) is 5.78. The molecule has 1 aliphatic rings. The summed E-state index contributed by atoms with van der Waals surface area (Å²) < 4.78 is 0. The number of hydrogen-bond acceptors (Lipinski definition) is 4. The molecule has 20 heavy (non-hydrogen) atoms. The number of hydrogen-bond donors (Lipinski definition) is 1. The average Bonchev–Trinajstić information content (AvgIpc) is 2.38. The third kappa shape index (κ3) is 2.92. The Hall–Kier alpha value is -1.65. The first-order chi connectivity index (χ1) is 9.47. The number of anilines is 1. The Balaban J connectivity index is 2.27. The van der Waals surface area contributed by atoms with Crippen molar-refractivity contribution in [1.82, 2.24) is 9.97 Å². The summed E-state index contributed by atoms with van der Waals surface area (Å²) in [7, 11) is 0. The van der Waals surface area contributed by atoms with Gasteiger partial charge in [0.05, 0.1) is 5.41 Å². The van der Waals surface area contributed by atoms with Gasteiger partial charge in [-0.15, -0.1) is 0 Å². The second kappa shape index (κ2) is 5.77. The van der Waals surface area contributed by atoms with Crippen molar-refractivity contribution < 1.29 is 9.90 Å². The summed E-state index contributed by atoms with van der Waals surface area (Å²) in [5.41, 5.74) is 0.300. The SMILES string of the molecule is CCCC1(C(=O)O)CCCN(c2cc(C)nc(C)n2)C1. The van der Waals surface area contributed by atoms with Gasteiger partial charge in [-0.25, -0.2) is 9.97 Å². The fraction of sp³-hybridized carbons (Fsp3) is 0.667. The molecule has 1 unspecified atom stereocenters. The van der Waals surface area contributed by atoms with Gasteiger partial charge in [0.25, 0.3) is 0 Å². The van der Waals surface area contributed by atoms with E-state index in [0.29, 0.717) is 6.54 Å². The van der Waals surface area contributed by atoms with E-state index in [-0.39, 0.29) is 0 Å². The van der Waals surface area contributed by atoms with Crippen molar-refractivity contribution in [2.75, 3.05) is 18.0 Å². The molecule has 1 atom stereocenters. The smallest absolute Gasteiger partial charge is 0.311 e. The van der Waals surface area contributed by atoms with Crippen molar-refractivity contribution in [1.29, 1.82) is 0 Å². The Morgan fingerprint density at radius 1 is 1.45 bits per heavy atom. The molecule has 1 aromatic heterocycles. The predicted molar refractivity (Wildman–Crippen MR) is 77.9 cm³/mol. The molecule has 0 amide bonds. The summed E-state index contributed by atoms with van der Waals surface area (Å²) in [6.07, 6.45) is 3.27. The number of aliphatic carboxylic acids is 1. The summed E-state index contributed by atoms with van der Waals surface area (Å²) in [4.78, 5) is 22.6. The van der Waals surface area contributed by atoms with E-state index >= 15 is 0 Å². The Morgan fingerprint density at radius 3 is 2.80 bits per heavy atom. The largest absolute Gasteiger partial charge is 0.481 e. The maximum absolute atomic E-state index is 11.7. The normalized spacial score (nSPS) is 22.9. The number of rotatable bonds is 4. The van der Waals surface area contributed by atoms with Crippen molar-refractivity contribution in [2.45, 2.75) is 46.5 Å². The van der Waals surface area contributed by atoms with Crippen molar-refractivity contribution in [3.05, 3.63) is 17.6 Å². The van der Waals surface area contributed by atoms with Crippen LogP contribution in [0.2, 0.25) is 0 Å². The molecule has 1 saturated heterocycles. The maximum Gasteiger partial charge on any atom is 0.311 e. The van der Waals surface area contributed by atoms with Crippen LogP contribution in [0.3, 0.4) is 0 Å². The lowest BCUT2D eigenvalue weighted by molar-refractivity contribution is -0.150. The van der Waals surface area contributed by atoms with Gasteiger partial charge < -0.3 is 10.0 Å². The molecule has 2 heterocycles. The number of piperidine rings is 1. The predicted octanol–water partition coefficient (Wildman–Crippen LogP) is 2.56. The molecule has 5 heteroatoms. The summed E-state index contributed by atoms with van der Waals surface area (Å²) in [5, 5.41) is 9.63. The minimum absolute atomic E-state index is 0.548. The Labute approximate surface area is 120 Å². The van der Waals surface area contributed by atoms with Crippen molar-refractivity contribution in [2.24, 2.45) is 5.41 Å². The lowest BCUT2D eigenvalue weighted by Crippen LogP contribution is -2.48. The molecule has 0 bridgehead atoms. The molecule has 0 aliphatic carbocycles. The molecule has 2 rings (SSSR count). The molecule has 0 spiro atoms. The zero-order valence-corrected chi connectivity index (χ0v) is 12.5. The lowest BCUT2D eigenvalue weighted by atomic mass is 9.76. The van der Waals surface area contributed by atoms with Crippen LogP contribution in [0, 0.1) is 19.3 Å². The van der Waals surface area contributed by atoms with Crippen LogP contribution in [-0.4, -0.2) is 34.1 Å². The number of carboxylic acids is 1. The fourth-order valence-electron chi connectivity index (χ4n) is 3.15. The van der Waals surface area contributed by atoms with Gasteiger partial charge in [-0.05, 0) is 33.1 Å². The molecule has 0 saturated carbocycles. The third-order valence-electron chi connectivity index (χ3n) is 4.04. The van der Waals surface area contributed by atoms with Crippen LogP contribution < -0.4 is 4.90 Å². The number of aromatic nitrogens is 2. The van der Waals surface area contributed by atoms with E-state index in [0.717, 1.165) is 49.6 Å². The molecule has 110 valence electrons. The molecule has 1 aromatic rings. The van der Waals surface area contributed by atoms with Gasteiger partial charge in [0.1, 0.15) is 11.6 Å². The average molecular weight is 277 g/mol. The number of carboxylic acid groups (broad SMARTS) is 1. The molecule has 1 fully saturated rings. The molecule has 0 aromatic carbocycles. The zero-order chi connectivity index (χ0) is 14.8. The highest BCUT2D eigenvalue weighted by Gasteiger charge is 2.41. The van der Waals surface area contributed by atoms with Crippen molar-refractivity contribution in [3.8, 4) is 0 Å². The van der Waals surface area contributed by atoms with Crippen LogP contribution in [0.15, 0.2) is 6.07 Å². The van der Waals surface area contributed by atoms with Gasteiger partial charge in [-0.3, -0.25) is 4.79 Å². The van der Waals surface area contributed by atoms with Crippen LogP contribution in [0.25, 0.3) is 0 Å². The minimum Gasteiger partial charge on any atom is -0.481 e. The van der Waals surface area contributed by atoms with E-state index in [1.165, 1.54) is 0 Å². The highest BCUT2D eigenvalue weighted by molar-refractivity contribution is 5.76. The van der Waals surface area contributed by atoms with Crippen LogP contribution in [-0.2, 0) is 4.79 Å². The van der Waals surface area contributed by atoms with Gasteiger partial charge in [0.15, 0.2) is 0 Å². The Bertz CT molecular complexity index is 480. The van der Waals surface area contributed by atoms with E-state index < -0.39 is 11.4 Å². The molecular formula is C15H23N3O2. The molecule has 1 aliphatic heterocycles. The number of nitrogens with zero attached hydrogens (tertiary/aromatic N) is 3. The second-order valence-electron chi connectivity index (χ2n) is 5.78. The van der Waals surface area contributed by atoms with Gasteiger partial charge in [-0.1, -0.05) is 13.3 Å². The monoisotopic (exact) mass is 277 g/mol. The van der Waals surface area contributed by atoms with Gasteiger partial charge in [0.2, 0.25) is 0 Å². The summed E-state index contributed by atoms with van der Waals surface area (Å²) in [6.45, 7) is 7.28. The van der Waals surface area contributed by atoms with E-state index in [2.05, 4.69) is 14.9 Å². The van der Waals surface area contributed by atoms with E-state index in [1.54, 1.807) is 0 Å². The zero-order valence-electron chi connectivity index (χ0n) is 12.5. The maximum atomic E-state index is 11.7. The highest BCUT2D eigenvalue weighted by Crippen LogP contribution is 2.36. The van der Waals surface area contributed by atoms with Gasteiger partial charge in [0, 0.05) is 24.8 Å². The fourth-order valence-corrected chi connectivity index (χ4v) is 3.15. The third-order valence-corrected chi connectivity index (χ3v) is 4.04. The summed E-state index contributed by atoms with van der Waals surface area (Å²) in [5.74, 6) is 0.921. The topological polar surface area (TPSA) is 66.3 Å². The number of aryl methyl sites for hydroxylation is 2. The van der Waals surface area contributed by atoms with Crippen LogP contribution in [0.1, 0.15) is 44.1 Å². The summed E-state index contributed by atoms with van der Waals surface area (Å²) in [6, 6.07) is 1.94. The minimum atomic E-state index is -0.674. The lowest BCUT2D eigenvalue weighted by Gasteiger charge is -2.40. The highest BCUT2D eigenvalue weighted by atomic mass is 16.4.